The van der Waals surface area contributed by atoms with Gasteiger partial charge >= 0.3 is 5.97 Å². The second-order valence-electron chi connectivity index (χ2n) is 7.93. The van der Waals surface area contributed by atoms with Gasteiger partial charge in [0, 0.05) is 35.6 Å². The minimum Gasteiger partial charge on any atom is -0.478 e. The number of likely N-dealkylation sites (N-methyl/N-ethyl adjacent to an activating group) is 1. The molecular formula is C27H30ClN3O4. The molecule has 35 heavy (non-hydrogen) atoms. The molecule has 1 heterocycles. The number of hydrogen-bond acceptors (Lipinski definition) is 6. The Kier molecular flexibility index (Phi) is 12.1. The van der Waals surface area contributed by atoms with Gasteiger partial charge in [-0.25, -0.2) is 4.79 Å². The Bertz CT molecular complexity index is 1080. The van der Waals surface area contributed by atoms with E-state index < -0.39 is 5.97 Å². The number of hydrogen-bond donors (Lipinski definition) is 1. The highest BCUT2D eigenvalue weighted by molar-refractivity contribution is 6.30. The molecule has 2 aromatic rings. The highest BCUT2D eigenvalue weighted by Crippen LogP contribution is 2.37. The number of aliphatic carboxylic acids is 1. The lowest BCUT2D eigenvalue weighted by molar-refractivity contribution is -0.131. The molecule has 0 aromatic heterocycles. The quantitative estimate of drug-likeness (QED) is 0.160. The van der Waals surface area contributed by atoms with Gasteiger partial charge in [0.05, 0.1) is 12.1 Å². The number of nitrogens with zero attached hydrogens (tertiary/aromatic N) is 3. The summed E-state index contributed by atoms with van der Waals surface area (Å²) in [6.45, 7) is 2.96. The second kappa shape index (κ2) is 15.3. The molecule has 7 nitrogen and oxygen atoms in total. The Morgan fingerprint density at radius 2 is 1.94 bits per heavy atom. The van der Waals surface area contributed by atoms with Gasteiger partial charge in [0.25, 0.3) is 6.47 Å². The van der Waals surface area contributed by atoms with Crippen LogP contribution in [0, 0.1) is 11.3 Å². The molecule has 1 N–H and O–H groups in total. The third kappa shape index (κ3) is 9.65. The number of halogens is 1. The number of ether oxygens (including phenoxy) is 1. The summed E-state index contributed by atoms with van der Waals surface area (Å²) in [5.74, 6) is -1.15. The number of carboxylic acid groups (broad SMARTS) is 1. The number of carbonyl (C=O) groups excluding carboxylic acids is 1. The summed E-state index contributed by atoms with van der Waals surface area (Å²) in [4.78, 5) is 23.6. The van der Waals surface area contributed by atoms with Crippen molar-refractivity contribution in [1.29, 1.82) is 5.26 Å². The largest absolute Gasteiger partial charge is 0.478 e. The van der Waals surface area contributed by atoms with E-state index in [0.717, 1.165) is 56.6 Å². The lowest BCUT2D eigenvalue weighted by Gasteiger charge is -2.27. The van der Waals surface area contributed by atoms with Crippen LogP contribution in [-0.2, 0) is 27.2 Å². The number of para-hydroxylation sites is 1. The molecule has 0 saturated carbocycles. The van der Waals surface area contributed by atoms with Crippen molar-refractivity contribution in [2.24, 2.45) is 0 Å². The topological polar surface area (TPSA) is 93.9 Å². The van der Waals surface area contributed by atoms with E-state index in [1.54, 1.807) is 6.08 Å². The lowest BCUT2D eigenvalue weighted by atomic mass is 10.0. The standard InChI is InChI=1S/C23H26ClN3.C4H4O4/c1-26(15-5-4-14-25)16-6-7-17-27-22-9-3-2-8-19(22)10-11-20-12-13-21(24)18-23(20)27;5-3-8-2-1-4(6)7/h2-5,8-9,12-13,18H,6-7,10-11,15-17H2,1H3;1-3H,(H,6,7)/b5-4+;2-1-. The number of unbranched alkanes of at least 4 members (excludes halogenated alkanes) is 1. The molecule has 2 aromatic carbocycles. The number of anilines is 2. The van der Waals surface area contributed by atoms with Crippen molar-refractivity contribution in [3.8, 4) is 6.07 Å². The number of allylic oxidation sites excluding steroid dienone is 1. The van der Waals surface area contributed by atoms with Crippen molar-refractivity contribution in [2.75, 3.05) is 31.6 Å². The first-order valence-electron chi connectivity index (χ1n) is 11.3. The fourth-order valence-electron chi connectivity index (χ4n) is 3.78. The van der Waals surface area contributed by atoms with E-state index in [-0.39, 0.29) is 6.47 Å². The molecule has 0 unspecified atom stereocenters. The van der Waals surface area contributed by atoms with E-state index >= 15 is 0 Å². The number of carbonyl (C=O) groups is 2. The molecule has 3 rings (SSSR count). The zero-order chi connectivity index (χ0) is 25.5. The molecule has 0 saturated heterocycles. The number of fused-ring (bicyclic) bond motifs is 2. The van der Waals surface area contributed by atoms with E-state index in [2.05, 4.69) is 58.0 Å². The summed E-state index contributed by atoms with van der Waals surface area (Å²) in [6, 6.07) is 17.0. The molecule has 1 aliphatic heterocycles. The third-order valence-electron chi connectivity index (χ3n) is 5.41. The molecule has 0 bridgehead atoms. The summed E-state index contributed by atoms with van der Waals surface area (Å²) in [6.07, 6.45) is 9.29. The van der Waals surface area contributed by atoms with Crippen LogP contribution in [0.5, 0.6) is 0 Å². The fourth-order valence-corrected chi connectivity index (χ4v) is 3.95. The number of rotatable bonds is 10. The van der Waals surface area contributed by atoms with Gasteiger partial charge in [-0.1, -0.05) is 41.9 Å². The maximum Gasteiger partial charge on any atom is 0.331 e. The number of benzene rings is 2. The molecular weight excluding hydrogens is 466 g/mol. The Hall–Kier alpha value is -3.60. The normalized spacial score (nSPS) is 12.3. The van der Waals surface area contributed by atoms with E-state index in [9.17, 15) is 9.59 Å². The van der Waals surface area contributed by atoms with Crippen LogP contribution in [0.3, 0.4) is 0 Å². The summed E-state index contributed by atoms with van der Waals surface area (Å²) < 4.78 is 3.90. The Balaban J connectivity index is 0.000000466. The highest BCUT2D eigenvalue weighted by atomic mass is 35.5. The Morgan fingerprint density at radius 3 is 2.66 bits per heavy atom. The fraction of sp³-hybridized carbons (Fsp3) is 0.296. The van der Waals surface area contributed by atoms with Gasteiger partial charge in [-0.3, -0.25) is 4.79 Å². The molecule has 184 valence electrons. The van der Waals surface area contributed by atoms with Crippen LogP contribution in [0.1, 0.15) is 24.0 Å². The molecule has 0 aliphatic carbocycles. The second-order valence-corrected chi connectivity index (χ2v) is 8.36. The Labute approximate surface area is 211 Å². The number of nitriles is 1. The molecule has 8 heteroatoms. The zero-order valence-corrected chi connectivity index (χ0v) is 20.5. The van der Waals surface area contributed by atoms with Gasteiger partial charge in [-0.05, 0) is 68.6 Å². The minimum atomic E-state index is -1.15. The van der Waals surface area contributed by atoms with E-state index in [4.69, 9.17) is 22.0 Å². The molecule has 0 atom stereocenters. The minimum absolute atomic E-state index is 0.138. The predicted octanol–water partition coefficient (Wildman–Crippen LogP) is 5.13. The Morgan fingerprint density at radius 1 is 1.20 bits per heavy atom. The van der Waals surface area contributed by atoms with Crippen LogP contribution in [0.4, 0.5) is 11.4 Å². The average Bonchev–Trinajstić information content (AvgIpc) is 2.99. The zero-order valence-electron chi connectivity index (χ0n) is 19.8. The monoisotopic (exact) mass is 495 g/mol. The molecule has 0 radical (unpaired) electrons. The van der Waals surface area contributed by atoms with Gasteiger partial charge in [0.1, 0.15) is 6.26 Å². The van der Waals surface area contributed by atoms with Crippen molar-refractivity contribution in [3.63, 3.8) is 0 Å². The first-order valence-corrected chi connectivity index (χ1v) is 11.7. The van der Waals surface area contributed by atoms with Crippen LogP contribution in [0.25, 0.3) is 0 Å². The van der Waals surface area contributed by atoms with Crippen molar-refractivity contribution in [2.45, 2.75) is 25.7 Å². The first kappa shape index (κ1) is 27.6. The van der Waals surface area contributed by atoms with Crippen molar-refractivity contribution in [1.82, 2.24) is 4.90 Å². The highest BCUT2D eigenvalue weighted by Gasteiger charge is 2.20. The van der Waals surface area contributed by atoms with Crippen LogP contribution >= 0.6 is 11.6 Å². The van der Waals surface area contributed by atoms with Crippen LogP contribution in [-0.4, -0.2) is 49.1 Å². The van der Waals surface area contributed by atoms with E-state index in [1.165, 1.54) is 22.5 Å². The molecule has 0 fully saturated rings. The van der Waals surface area contributed by atoms with Crippen molar-refractivity contribution >= 4 is 35.4 Å². The molecule has 1 aliphatic rings. The maximum absolute atomic E-state index is 9.59. The van der Waals surface area contributed by atoms with Crippen molar-refractivity contribution < 1.29 is 19.4 Å². The number of aryl methyl sites for hydroxylation is 2. The van der Waals surface area contributed by atoms with Gasteiger partial charge in [0.15, 0.2) is 0 Å². The SMILES string of the molecule is CN(C/C=C/C#N)CCCCN1c2ccccc2CCc2ccc(Cl)cc21.O=CO/C=C\C(=O)O. The smallest absolute Gasteiger partial charge is 0.331 e. The summed E-state index contributed by atoms with van der Waals surface area (Å²) in [7, 11) is 2.10. The molecule has 0 amide bonds. The van der Waals surface area contributed by atoms with Gasteiger partial charge < -0.3 is 19.6 Å². The maximum atomic E-state index is 9.59. The van der Waals surface area contributed by atoms with Crippen LogP contribution in [0.2, 0.25) is 5.02 Å². The van der Waals surface area contributed by atoms with Crippen molar-refractivity contribution in [3.05, 3.63) is 83.1 Å². The van der Waals surface area contributed by atoms with Gasteiger partial charge in [0.2, 0.25) is 0 Å². The summed E-state index contributed by atoms with van der Waals surface area (Å²) in [5, 5.41) is 17.2. The first-order chi connectivity index (χ1) is 17.0. The van der Waals surface area contributed by atoms with E-state index in [1.807, 2.05) is 18.2 Å². The van der Waals surface area contributed by atoms with Crippen LogP contribution < -0.4 is 4.90 Å². The van der Waals surface area contributed by atoms with Crippen LogP contribution in [0.15, 0.2) is 67.0 Å². The predicted molar refractivity (Wildman–Crippen MR) is 138 cm³/mol. The number of carboxylic acids is 1. The summed E-state index contributed by atoms with van der Waals surface area (Å²) in [5.41, 5.74) is 5.33. The molecule has 0 spiro atoms. The van der Waals surface area contributed by atoms with Gasteiger partial charge in [-0.15, -0.1) is 0 Å². The average molecular weight is 496 g/mol. The van der Waals surface area contributed by atoms with Gasteiger partial charge in [-0.2, -0.15) is 5.26 Å². The lowest BCUT2D eigenvalue weighted by Crippen LogP contribution is -2.23. The third-order valence-corrected chi connectivity index (χ3v) is 5.65. The summed E-state index contributed by atoms with van der Waals surface area (Å²) >= 11 is 6.32. The van der Waals surface area contributed by atoms with E-state index in [0.29, 0.717) is 6.08 Å².